The van der Waals surface area contributed by atoms with Crippen LogP contribution in [0, 0.1) is 0 Å². The number of carbonyl (C=O) groups is 2. The van der Waals surface area contributed by atoms with E-state index in [0.717, 1.165) is 36.1 Å². The van der Waals surface area contributed by atoms with Crippen LogP contribution in [0.1, 0.15) is 50.4 Å². The average molecular weight is 497 g/mol. The molecule has 1 fully saturated rings. The monoisotopic (exact) mass is 496 g/mol. The predicted molar refractivity (Wildman–Crippen MR) is 118 cm³/mol. The minimum absolute atomic E-state index is 0.0241. The third-order valence-electron chi connectivity index (χ3n) is 5.31. The molecule has 0 unspecified atom stereocenters. The molecular formula is C20H21BrN2O4S2. The number of thiophene rings is 1. The molecule has 6 nitrogen and oxygen atoms in total. The molecule has 1 aromatic heterocycles. The van der Waals surface area contributed by atoms with Crippen LogP contribution in [0.5, 0.6) is 0 Å². The van der Waals surface area contributed by atoms with Gasteiger partial charge in [-0.05, 0) is 65.7 Å². The number of aryl methyl sites for hydroxylation is 1. The summed E-state index contributed by atoms with van der Waals surface area (Å²) in [5.74, 6) is -0.503. The smallest absolute Gasteiger partial charge is 0.257 e. The molecule has 154 valence electrons. The van der Waals surface area contributed by atoms with Crippen molar-refractivity contribution in [3.05, 3.63) is 50.3 Å². The number of carbonyl (C=O) groups excluding carboxylic acids is 2. The molecule has 1 aliphatic heterocycles. The first-order valence-corrected chi connectivity index (χ1v) is 13.0. The highest BCUT2D eigenvalue weighted by molar-refractivity contribution is 9.10. The van der Waals surface area contributed by atoms with Gasteiger partial charge in [0, 0.05) is 15.4 Å². The van der Waals surface area contributed by atoms with Crippen molar-refractivity contribution in [2.24, 2.45) is 0 Å². The van der Waals surface area contributed by atoms with Gasteiger partial charge in [0.25, 0.3) is 11.8 Å². The van der Waals surface area contributed by atoms with Gasteiger partial charge in [-0.1, -0.05) is 12.1 Å². The van der Waals surface area contributed by atoms with Crippen LogP contribution in [-0.2, 0) is 22.7 Å². The molecule has 0 saturated carbocycles. The van der Waals surface area contributed by atoms with E-state index >= 15 is 0 Å². The summed E-state index contributed by atoms with van der Waals surface area (Å²) >= 11 is 4.84. The fourth-order valence-electron chi connectivity index (χ4n) is 3.88. The van der Waals surface area contributed by atoms with E-state index in [9.17, 15) is 18.0 Å². The van der Waals surface area contributed by atoms with Crippen molar-refractivity contribution >= 4 is 53.9 Å². The predicted octanol–water partition coefficient (Wildman–Crippen LogP) is 3.56. The van der Waals surface area contributed by atoms with Crippen LogP contribution in [0.15, 0.2) is 28.7 Å². The Morgan fingerprint density at radius 2 is 1.86 bits per heavy atom. The van der Waals surface area contributed by atoms with Crippen LogP contribution in [0.3, 0.4) is 0 Å². The Hall–Kier alpha value is -1.71. The molecule has 2 N–H and O–H groups in total. The number of nitrogens with one attached hydrogen (secondary N) is 2. The van der Waals surface area contributed by atoms with Crippen molar-refractivity contribution in [3.8, 4) is 0 Å². The standard InChI is InChI=1S/C20H21BrN2O4S2/c21-15-7-3-1-5-13(15)18(24)23-20-17(14-6-2-4-8-16(14)28-20)19(25)22-12-9-10-29(26,27)11-12/h1,3,5,7,12H,2,4,6,8-11H2,(H,22,25)(H,23,24)/t12-/m0/s1. The summed E-state index contributed by atoms with van der Waals surface area (Å²) < 4.78 is 24.1. The summed E-state index contributed by atoms with van der Waals surface area (Å²) in [7, 11) is -3.08. The van der Waals surface area contributed by atoms with E-state index in [0.29, 0.717) is 27.0 Å². The van der Waals surface area contributed by atoms with Crippen molar-refractivity contribution in [2.75, 3.05) is 16.8 Å². The van der Waals surface area contributed by atoms with Crippen LogP contribution < -0.4 is 10.6 Å². The second-order valence-corrected chi connectivity index (χ2v) is 11.6. The summed E-state index contributed by atoms with van der Waals surface area (Å²) in [6.45, 7) is 0. The highest BCUT2D eigenvalue weighted by Gasteiger charge is 2.32. The Kier molecular flexibility index (Phi) is 5.81. The Bertz CT molecular complexity index is 1080. The second kappa shape index (κ2) is 8.20. The largest absolute Gasteiger partial charge is 0.348 e. The molecule has 0 bridgehead atoms. The maximum absolute atomic E-state index is 13.1. The van der Waals surface area contributed by atoms with Gasteiger partial charge in [0.1, 0.15) is 5.00 Å². The van der Waals surface area contributed by atoms with E-state index in [1.807, 2.05) is 6.07 Å². The number of hydrogen-bond acceptors (Lipinski definition) is 5. The number of fused-ring (bicyclic) bond motifs is 1. The zero-order valence-corrected chi connectivity index (χ0v) is 18.9. The van der Waals surface area contributed by atoms with Gasteiger partial charge in [-0.25, -0.2) is 8.42 Å². The quantitative estimate of drug-likeness (QED) is 0.676. The lowest BCUT2D eigenvalue weighted by atomic mass is 9.95. The maximum atomic E-state index is 13.1. The zero-order valence-electron chi connectivity index (χ0n) is 15.7. The Morgan fingerprint density at radius 3 is 2.59 bits per heavy atom. The van der Waals surface area contributed by atoms with Crippen molar-refractivity contribution in [2.45, 2.75) is 38.1 Å². The molecule has 2 aliphatic rings. The second-order valence-electron chi connectivity index (χ2n) is 7.42. The topological polar surface area (TPSA) is 92.3 Å². The molecule has 9 heteroatoms. The molecule has 2 heterocycles. The number of rotatable bonds is 4. The van der Waals surface area contributed by atoms with Crippen molar-refractivity contribution < 1.29 is 18.0 Å². The number of anilines is 1. The lowest BCUT2D eigenvalue weighted by molar-refractivity contribution is 0.0941. The molecule has 1 aromatic carbocycles. The molecule has 1 atom stereocenters. The molecule has 2 aromatic rings. The number of benzene rings is 1. The van der Waals surface area contributed by atoms with E-state index in [1.165, 1.54) is 11.3 Å². The lowest BCUT2D eigenvalue weighted by Gasteiger charge is -2.15. The highest BCUT2D eigenvalue weighted by Crippen LogP contribution is 2.38. The van der Waals surface area contributed by atoms with E-state index in [4.69, 9.17) is 0 Å². The molecule has 29 heavy (non-hydrogen) atoms. The summed E-state index contributed by atoms with van der Waals surface area (Å²) in [6, 6.07) is 6.75. The van der Waals surface area contributed by atoms with E-state index < -0.39 is 9.84 Å². The Morgan fingerprint density at radius 1 is 1.10 bits per heavy atom. The van der Waals surface area contributed by atoms with Crippen molar-refractivity contribution in [3.63, 3.8) is 0 Å². The average Bonchev–Trinajstić information content (AvgIpc) is 3.20. The molecular weight excluding hydrogens is 476 g/mol. The van der Waals surface area contributed by atoms with Gasteiger partial charge in [-0.2, -0.15) is 0 Å². The van der Waals surface area contributed by atoms with Gasteiger partial charge >= 0.3 is 0 Å². The number of amides is 2. The summed E-state index contributed by atoms with van der Waals surface area (Å²) in [4.78, 5) is 27.0. The van der Waals surface area contributed by atoms with Gasteiger partial charge in [-0.3, -0.25) is 9.59 Å². The van der Waals surface area contributed by atoms with Crippen molar-refractivity contribution in [1.82, 2.24) is 5.32 Å². The molecule has 1 saturated heterocycles. The van der Waals surface area contributed by atoms with Gasteiger partial charge in [0.2, 0.25) is 0 Å². The van der Waals surface area contributed by atoms with E-state index in [2.05, 4.69) is 26.6 Å². The fourth-order valence-corrected chi connectivity index (χ4v) is 7.30. The third kappa shape index (κ3) is 4.41. The van der Waals surface area contributed by atoms with E-state index in [-0.39, 0.29) is 29.4 Å². The Labute approximate surface area is 182 Å². The zero-order chi connectivity index (χ0) is 20.6. The van der Waals surface area contributed by atoms with Crippen LogP contribution in [0.4, 0.5) is 5.00 Å². The van der Waals surface area contributed by atoms with Gasteiger partial charge in [-0.15, -0.1) is 11.3 Å². The highest BCUT2D eigenvalue weighted by atomic mass is 79.9. The first kappa shape index (κ1) is 20.6. The van der Waals surface area contributed by atoms with Crippen LogP contribution in [0.25, 0.3) is 0 Å². The normalized spacial score (nSPS) is 20.1. The molecule has 0 spiro atoms. The van der Waals surface area contributed by atoms with Gasteiger partial charge < -0.3 is 10.6 Å². The summed E-state index contributed by atoms with van der Waals surface area (Å²) in [5, 5.41) is 6.34. The minimum Gasteiger partial charge on any atom is -0.348 e. The number of hydrogen-bond donors (Lipinski definition) is 2. The lowest BCUT2D eigenvalue weighted by Crippen LogP contribution is -2.36. The van der Waals surface area contributed by atoms with Gasteiger partial charge in [0.05, 0.1) is 22.6 Å². The molecule has 1 aliphatic carbocycles. The SMILES string of the molecule is O=C(Nc1sc2c(c1C(=O)N[C@H]1CCS(=O)(=O)C1)CCCC2)c1ccccc1Br. The molecule has 2 amide bonds. The first-order valence-electron chi connectivity index (χ1n) is 9.56. The summed E-state index contributed by atoms with van der Waals surface area (Å²) in [6.07, 6.45) is 4.18. The van der Waals surface area contributed by atoms with Crippen LogP contribution in [0.2, 0.25) is 0 Å². The van der Waals surface area contributed by atoms with Crippen LogP contribution in [-0.4, -0.2) is 37.8 Å². The first-order chi connectivity index (χ1) is 13.8. The third-order valence-corrected chi connectivity index (χ3v) is 8.98. The molecule has 0 radical (unpaired) electrons. The van der Waals surface area contributed by atoms with E-state index in [1.54, 1.807) is 18.2 Å². The fraction of sp³-hybridized carbons (Fsp3) is 0.400. The Balaban J connectivity index is 1.62. The van der Waals surface area contributed by atoms with Gasteiger partial charge in [0.15, 0.2) is 9.84 Å². The molecule has 4 rings (SSSR count). The van der Waals surface area contributed by atoms with Crippen molar-refractivity contribution in [1.29, 1.82) is 0 Å². The summed E-state index contributed by atoms with van der Waals surface area (Å²) in [5.41, 5.74) is 1.98. The minimum atomic E-state index is -3.08. The number of sulfone groups is 1. The van der Waals surface area contributed by atoms with Crippen LogP contribution >= 0.6 is 27.3 Å². The number of halogens is 1. The maximum Gasteiger partial charge on any atom is 0.257 e.